The van der Waals surface area contributed by atoms with E-state index in [4.69, 9.17) is 4.74 Å². The number of benzene rings is 1. The van der Waals surface area contributed by atoms with Crippen LogP contribution >= 0.6 is 15.9 Å². The summed E-state index contributed by atoms with van der Waals surface area (Å²) in [5.41, 5.74) is 1.63. The lowest BCUT2D eigenvalue weighted by Gasteiger charge is -2.11. The van der Waals surface area contributed by atoms with Gasteiger partial charge in [-0.3, -0.25) is 0 Å². The Morgan fingerprint density at radius 3 is 2.78 bits per heavy atom. The molecule has 0 atom stereocenters. The van der Waals surface area contributed by atoms with Gasteiger partial charge < -0.3 is 4.74 Å². The minimum Gasteiger partial charge on any atom is -0.495 e. The first-order valence-electron chi connectivity index (χ1n) is 7.13. The van der Waals surface area contributed by atoms with Crippen LogP contribution in [0.2, 0.25) is 0 Å². The molecule has 1 saturated carbocycles. The Balaban J connectivity index is 1.79. The number of hydrogen-bond acceptors (Lipinski definition) is 5. The molecule has 0 radical (unpaired) electrons. The zero-order chi connectivity index (χ0) is 16.4. The molecule has 3 rings (SSSR count). The van der Waals surface area contributed by atoms with Crippen molar-refractivity contribution in [3.8, 4) is 5.75 Å². The molecule has 0 spiro atoms. The van der Waals surface area contributed by atoms with Gasteiger partial charge in [0, 0.05) is 16.1 Å². The average molecular weight is 398 g/mol. The lowest BCUT2D eigenvalue weighted by molar-refractivity contribution is 0.402. The summed E-state index contributed by atoms with van der Waals surface area (Å²) >= 11 is 3.28. The van der Waals surface area contributed by atoms with E-state index in [0.717, 1.165) is 18.5 Å². The Morgan fingerprint density at radius 1 is 1.30 bits per heavy atom. The molecule has 0 saturated heterocycles. The maximum atomic E-state index is 12.5. The van der Waals surface area contributed by atoms with Gasteiger partial charge in [0.1, 0.15) is 17.0 Å². The Labute approximate surface area is 143 Å². The third-order valence-corrected chi connectivity index (χ3v) is 5.51. The number of methoxy groups -OCH3 is 1. The molecule has 1 heterocycles. The molecule has 0 aliphatic heterocycles. The van der Waals surface area contributed by atoms with Gasteiger partial charge in [0.2, 0.25) is 10.0 Å². The monoisotopic (exact) mass is 397 g/mol. The zero-order valence-corrected chi connectivity index (χ0v) is 14.9. The molecule has 1 aliphatic rings. The minimum atomic E-state index is -3.71. The molecule has 8 heteroatoms. The lowest BCUT2D eigenvalue weighted by Crippen LogP contribution is -2.24. The van der Waals surface area contributed by atoms with E-state index in [9.17, 15) is 8.42 Å². The van der Waals surface area contributed by atoms with Crippen molar-refractivity contribution >= 4 is 26.0 Å². The fourth-order valence-electron chi connectivity index (χ4n) is 2.22. The number of rotatable bonds is 6. The maximum Gasteiger partial charge on any atom is 0.244 e. The quantitative estimate of drug-likeness (QED) is 0.809. The molecule has 1 aromatic carbocycles. The molecule has 0 bridgehead atoms. The van der Waals surface area contributed by atoms with Gasteiger partial charge in [0.05, 0.1) is 19.3 Å². The SMILES string of the molecule is COc1ccc(Br)cc1S(=O)(=O)NCc1cc(C2CC2)ncn1. The second kappa shape index (κ2) is 6.54. The van der Waals surface area contributed by atoms with Gasteiger partial charge in [-0.1, -0.05) is 15.9 Å². The predicted molar refractivity (Wildman–Crippen MR) is 88.7 cm³/mol. The van der Waals surface area contributed by atoms with Crippen LogP contribution < -0.4 is 9.46 Å². The number of nitrogens with one attached hydrogen (secondary N) is 1. The maximum absolute atomic E-state index is 12.5. The third-order valence-electron chi connectivity index (χ3n) is 3.60. The largest absolute Gasteiger partial charge is 0.495 e. The molecule has 122 valence electrons. The molecule has 23 heavy (non-hydrogen) atoms. The van der Waals surface area contributed by atoms with E-state index in [-0.39, 0.29) is 11.4 Å². The summed E-state index contributed by atoms with van der Waals surface area (Å²) in [7, 11) is -2.27. The van der Waals surface area contributed by atoms with Crippen molar-refractivity contribution in [1.82, 2.24) is 14.7 Å². The second-order valence-corrected chi connectivity index (χ2v) is 7.98. The summed E-state index contributed by atoms with van der Waals surface area (Å²) in [6, 6.07) is 6.70. The molecule has 2 aromatic rings. The Bertz CT molecular complexity index is 822. The van der Waals surface area contributed by atoms with Crippen LogP contribution in [0.3, 0.4) is 0 Å². The van der Waals surface area contributed by atoms with Crippen molar-refractivity contribution < 1.29 is 13.2 Å². The van der Waals surface area contributed by atoms with Crippen LogP contribution in [0.4, 0.5) is 0 Å². The molecule has 1 aromatic heterocycles. The smallest absolute Gasteiger partial charge is 0.244 e. The molecular formula is C15H16BrN3O3S. The van der Waals surface area contributed by atoms with Crippen molar-refractivity contribution in [1.29, 1.82) is 0 Å². The predicted octanol–water partition coefficient (Wildman–Crippen LogP) is 2.60. The van der Waals surface area contributed by atoms with E-state index in [1.807, 2.05) is 6.07 Å². The number of halogens is 1. The van der Waals surface area contributed by atoms with E-state index in [1.54, 1.807) is 12.1 Å². The van der Waals surface area contributed by atoms with Crippen LogP contribution in [-0.2, 0) is 16.6 Å². The molecule has 6 nitrogen and oxygen atoms in total. The minimum absolute atomic E-state index is 0.0887. The fraction of sp³-hybridized carbons (Fsp3) is 0.333. The van der Waals surface area contributed by atoms with E-state index in [0.29, 0.717) is 21.8 Å². The Morgan fingerprint density at radius 2 is 2.09 bits per heavy atom. The summed E-state index contributed by atoms with van der Waals surface area (Å²) in [6.07, 6.45) is 3.76. The van der Waals surface area contributed by atoms with Gasteiger partial charge in [-0.15, -0.1) is 0 Å². The number of hydrogen-bond donors (Lipinski definition) is 1. The summed E-state index contributed by atoms with van der Waals surface area (Å²) in [5, 5.41) is 0. The summed E-state index contributed by atoms with van der Waals surface area (Å²) in [4.78, 5) is 8.45. The lowest BCUT2D eigenvalue weighted by atomic mass is 10.2. The fourth-order valence-corrected chi connectivity index (χ4v) is 3.93. The number of ether oxygens (including phenoxy) is 1. The van der Waals surface area contributed by atoms with Gasteiger partial charge in [0.25, 0.3) is 0 Å². The van der Waals surface area contributed by atoms with Crippen molar-refractivity contribution in [2.24, 2.45) is 0 Å². The Kier molecular flexibility index (Phi) is 4.65. The topological polar surface area (TPSA) is 81.2 Å². The first kappa shape index (κ1) is 16.4. The van der Waals surface area contributed by atoms with Gasteiger partial charge in [-0.2, -0.15) is 0 Å². The van der Waals surface area contributed by atoms with Gasteiger partial charge in [-0.25, -0.2) is 23.1 Å². The van der Waals surface area contributed by atoms with Crippen LogP contribution in [-0.4, -0.2) is 25.5 Å². The van der Waals surface area contributed by atoms with Crippen LogP contribution in [0.25, 0.3) is 0 Å². The molecule has 0 amide bonds. The van der Waals surface area contributed by atoms with Crippen LogP contribution in [0, 0.1) is 0 Å². The van der Waals surface area contributed by atoms with E-state index < -0.39 is 10.0 Å². The number of sulfonamides is 1. The summed E-state index contributed by atoms with van der Waals surface area (Å²) < 4.78 is 33.4. The van der Waals surface area contributed by atoms with Crippen molar-refractivity contribution in [2.45, 2.75) is 30.2 Å². The highest BCUT2D eigenvalue weighted by Gasteiger charge is 2.25. The number of nitrogens with zero attached hydrogens (tertiary/aromatic N) is 2. The summed E-state index contributed by atoms with van der Waals surface area (Å²) in [6.45, 7) is 0.111. The average Bonchev–Trinajstić information content (AvgIpc) is 3.38. The normalized spacial score (nSPS) is 14.7. The second-order valence-electron chi connectivity index (χ2n) is 5.33. The summed E-state index contributed by atoms with van der Waals surface area (Å²) in [5.74, 6) is 0.792. The van der Waals surface area contributed by atoms with E-state index >= 15 is 0 Å². The molecule has 1 N–H and O–H groups in total. The van der Waals surface area contributed by atoms with Gasteiger partial charge >= 0.3 is 0 Å². The van der Waals surface area contributed by atoms with Crippen LogP contribution in [0.5, 0.6) is 5.75 Å². The molecular weight excluding hydrogens is 382 g/mol. The highest BCUT2D eigenvalue weighted by molar-refractivity contribution is 9.10. The molecule has 1 aliphatic carbocycles. The standard InChI is InChI=1S/C15H16BrN3O3S/c1-22-14-5-4-11(16)6-15(14)23(20,21)19-8-12-7-13(10-2-3-10)18-9-17-12/h4-7,9-10,19H,2-3,8H2,1H3. The van der Waals surface area contributed by atoms with Crippen LogP contribution in [0.1, 0.15) is 30.1 Å². The van der Waals surface area contributed by atoms with Crippen molar-refractivity contribution in [3.05, 3.63) is 46.5 Å². The van der Waals surface area contributed by atoms with E-state index in [2.05, 4.69) is 30.6 Å². The first-order valence-corrected chi connectivity index (χ1v) is 9.41. The zero-order valence-electron chi connectivity index (χ0n) is 12.5. The third kappa shape index (κ3) is 3.88. The molecule has 0 unspecified atom stereocenters. The highest BCUT2D eigenvalue weighted by atomic mass is 79.9. The van der Waals surface area contributed by atoms with Crippen molar-refractivity contribution in [2.75, 3.05) is 7.11 Å². The molecule has 1 fully saturated rings. The van der Waals surface area contributed by atoms with Crippen LogP contribution in [0.15, 0.2) is 40.0 Å². The number of aromatic nitrogens is 2. The first-order chi connectivity index (χ1) is 11.0. The van der Waals surface area contributed by atoms with E-state index in [1.165, 1.54) is 19.5 Å². The van der Waals surface area contributed by atoms with Gasteiger partial charge in [-0.05, 0) is 37.1 Å². The van der Waals surface area contributed by atoms with Crippen molar-refractivity contribution in [3.63, 3.8) is 0 Å². The highest BCUT2D eigenvalue weighted by Crippen LogP contribution is 2.38. The Hall–Kier alpha value is -1.51. The van der Waals surface area contributed by atoms with Gasteiger partial charge in [0.15, 0.2) is 0 Å².